The molecule has 1 N–H and O–H groups in total. The minimum absolute atomic E-state index is 0.342. The highest BCUT2D eigenvalue weighted by Gasteiger charge is 2.23. The van der Waals surface area contributed by atoms with Crippen LogP contribution in [0.25, 0.3) is 0 Å². The quantitative estimate of drug-likeness (QED) is 0.865. The first-order chi connectivity index (χ1) is 10.1. The van der Waals surface area contributed by atoms with Gasteiger partial charge < -0.3 is 0 Å². The Morgan fingerprint density at radius 3 is 2.00 bits per heavy atom. The lowest BCUT2D eigenvalue weighted by Gasteiger charge is -2.17. The summed E-state index contributed by atoms with van der Waals surface area (Å²) in [4.78, 5) is 4.50. The molecule has 0 fully saturated rings. The number of nitrogens with zero attached hydrogens (tertiary/aromatic N) is 1. The SMILES string of the molecule is Cc1cc(Br)cnc1NS(=O)(=O)c1c(C)c(C)cc(C)c1C. The van der Waals surface area contributed by atoms with E-state index in [2.05, 4.69) is 25.6 Å². The lowest BCUT2D eigenvalue weighted by atomic mass is 10.0. The summed E-state index contributed by atoms with van der Waals surface area (Å²) in [6.07, 6.45) is 1.58. The van der Waals surface area contributed by atoms with Crippen molar-refractivity contribution in [1.82, 2.24) is 4.98 Å². The summed E-state index contributed by atoms with van der Waals surface area (Å²) < 4.78 is 29.1. The standard InChI is InChI=1S/C16H19BrN2O2S/c1-9-6-10(2)13(5)15(12(9)4)22(20,21)19-16-11(3)7-14(17)8-18-16/h6-8H,1-5H3,(H,18,19). The minimum atomic E-state index is -3.68. The first-order valence-electron chi connectivity index (χ1n) is 6.86. The van der Waals surface area contributed by atoms with Crippen molar-refractivity contribution in [3.8, 4) is 0 Å². The summed E-state index contributed by atoms with van der Waals surface area (Å²) in [6, 6.07) is 3.83. The number of aryl methyl sites for hydroxylation is 3. The fraction of sp³-hybridized carbons (Fsp3) is 0.312. The normalized spacial score (nSPS) is 11.5. The van der Waals surface area contributed by atoms with E-state index in [9.17, 15) is 8.42 Å². The van der Waals surface area contributed by atoms with Gasteiger partial charge in [0.25, 0.3) is 10.0 Å². The van der Waals surface area contributed by atoms with Gasteiger partial charge in [-0.2, -0.15) is 0 Å². The number of rotatable bonds is 3. The Balaban J connectivity index is 2.57. The number of halogens is 1. The molecule has 0 aliphatic heterocycles. The molecule has 0 saturated heterocycles. The van der Waals surface area contributed by atoms with Gasteiger partial charge in [0.2, 0.25) is 0 Å². The minimum Gasteiger partial charge on any atom is -0.263 e. The highest BCUT2D eigenvalue weighted by Crippen LogP contribution is 2.28. The summed E-state index contributed by atoms with van der Waals surface area (Å²) in [5.41, 5.74) is 4.22. The van der Waals surface area contributed by atoms with Crippen molar-refractivity contribution in [2.75, 3.05) is 4.72 Å². The summed E-state index contributed by atoms with van der Waals surface area (Å²) in [7, 11) is -3.68. The predicted octanol–water partition coefficient (Wildman–Crippen LogP) is 4.19. The Morgan fingerprint density at radius 1 is 0.955 bits per heavy atom. The van der Waals surface area contributed by atoms with E-state index < -0.39 is 10.0 Å². The van der Waals surface area contributed by atoms with Gasteiger partial charge in [-0.25, -0.2) is 13.4 Å². The molecule has 2 rings (SSSR count). The van der Waals surface area contributed by atoms with E-state index in [-0.39, 0.29) is 0 Å². The predicted molar refractivity (Wildman–Crippen MR) is 92.9 cm³/mol. The molecule has 0 radical (unpaired) electrons. The summed E-state index contributed by atoms with van der Waals surface area (Å²) in [5, 5.41) is 0. The lowest BCUT2D eigenvalue weighted by molar-refractivity contribution is 0.599. The van der Waals surface area contributed by atoms with Crippen molar-refractivity contribution >= 4 is 31.8 Å². The number of benzene rings is 1. The van der Waals surface area contributed by atoms with Crippen molar-refractivity contribution in [1.29, 1.82) is 0 Å². The first-order valence-corrected chi connectivity index (χ1v) is 9.13. The molecule has 0 saturated carbocycles. The van der Waals surface area contributed by atoms with E-state index in [1.807, 2.05) is 46.8 Å². The second kappa shape index (κ2) is 6.01. The summed E-state index contributed by atoms with van der Waals surface area (Å²) >= 11 is 3.32. The molecule has 0 aliphatic carbocycles. The average Bonchev–Trinajstić information content (AvgIpc) is 2.40. The Kier molecular flexibility index (Phi) is 4.63. The van der Waals surface area contributed by atoms with Crippen LogP contribution in [-0.4, -0.2) is 13.4 Å². The monoisotopic (exact) mass is 382 g/mol. The fourth-order valence-corrected chi connectivity index (χ4v) is 4.55. The van der Waals surface area contributed by atoms with Crippen molar-refractivity contribution in [3.05, 3.63) is 50.6 Å². The molecule has 118 valence electrons. The highest BCUT2D eigenvalue weighted by molar-refractivity contribution is 9.10. The molecule has 0 spiro atoms. The zero-order chi connectivity index (χ0) is 16.7. The average molecular weight is 383 g/mol. The molecule has 1 aromatic heterocycles. The number of anilines is 1. The molecule has 1 aromatic carbocycles. The van der Waals surface area contributed by atoms with E-state index >= 15 is 0 Å². The second-order valence-corrected chi connectivity index (χ2v) is 8.05. The van der Waals surface area contributed by atoms with Crippen molar-refractivity contribution < 1.29 is 8.42 Å². The van der Waals surface area contributed by atoms with E-state index in [4.69, 9.17) is 0 Å². The summed E-state index contributed by atoms with van der Waals surface area (Å²) in [6.45, 7) is 9.32. The van der Waals surface area contributed by atoms with Crippen LogP contribution in [0.2, 0.25) is 0 Å². The number of pyridine rings is 1. The van der Waals surface area contributed by atoms with Crippen molar-refractivity contribution in [2.45, 2.75) is 39.5 Å². The van der Waals surface area contributed by atoms with Crippen molar-refractivity contribution in [3.63, 3.8) is 0 Å². The second-order valence-electron chi connectivity index (χ2n) is 5.51. The van der Waals surface area contributed by atoms with Crippen LogP contribution in [0.1, 0.15) is 27.8 Å². The molecule has 22 heavy (non-hydrogen) atoms. The van der Waals surface area contributed by atoms with Gasteiger partial charge in [0.1, 0.15) is 5.82 Å². The number of sulfonamides is 1. The summed E-state index contributed by atoms with van der Waals surface area (Å²) in [5.74, 6) is 0.348. The number of nitrogens with one attached hydrogen (secondary N) is 1. The van der Waals surface area contributed by atoms with Gasteiger partial charge in [-0.1, -0.05) is 6.07 Å². The Bertz CT molecular complexity index is 819. The molecular formula is C16H19BrN2O2S. The third-order valence-corrected chi connectivity index (χ3v) is 5.89. The zero-order valence-corrected chi connectivity index (χ0v) is 15.7. The van der Waals surface area contributed by atoms with Crippen LogP contribution >= 0.6 is 15.9 Å². The van der Waals surface area contributed by atoms with Gasteiger partial charge in [-0.3, -0.25) is 4.72 Å². The molecular weight excluding hydrogens is 364 g/mol. The molecule has 6 heteroatoms. The van der Waals surface area contributed by atoms with Crippen LogP contribution < -0.4 is 4.72 Å². The van der Waals surface area contributed by atoms with Gasteiger partial charge in [-0.15, -0.1) is 0 Å². The molecule has 0 atom stereocenters. The van der Waals surface area contributed by atoms with E-state index in [0.717, 1.165) is 32.3 Å². The first kappa shape index (κ1) is 17.0. The zero-order valence-electron chi connectivity index (χ0n) is 13.3. The van der Waals surface area contributed by atoms with Crippen LogP contribution in [0.4, 0.5) is 5.82 Å². The molecule has 2 aromatic rings. The van der Waals surface area contributed by atoms with Gasteiger partial charge in [0.15, 0.2) is 0 Å². The van der Waals surface area contributed by atoms with Crippen LogP contribution in [-0.2, 0) is 10.0 Å². The topological polar surface area (TPSA) is 59.1 Å². The number of aromatic nitrogens is 1. The van der Waals surface area contributed by atoms with Gasteiger partial charge in [0.05, 0.1) is 4.90 Å². The third-order valence-electron chi connectivity index (χ3n) is 3.84. The van der Waals surface area contributed by atoms with E-state index in [1.54, 1.807) is 6.20 Å². The smallest absolute Gasteiger partial charge is 0.263 e. The lowest BCUT2D eigenvalue weighted by Crippen LogP contribution is -2.18. The van der Waals surface area contributed by atoms with Crippen molar-refractivity contribution in [2.24, 2.45) is 0 Å². The number of hydrogen-bond acceptors (Lipinski definition) is 3. The van der Waals surface area contributed by atoms with E-state index in [0.29, 0.717) is 10.7 Å². The van der Waals surface area contributed by atoms with Gasteiger partial charge in [0, 0.05) is 10.7 Å². The van der Waals surface area contributed by atoms with Crippen LogP contribution in [0.5, 0.6) is 0 Å². The molecule has 0 amide bonds. The Labute approximate surface area is 140 Å². The Hall–Kier alpha value is -1.40. The van der Waals surface area contributed by atoms with Crippen LogP contribution in [0.15, 0.2) is 27.7 Å². The van der Waals surface area contributed by atoms with Crippen LogP contribution in [0.3, 0.4) is 0 Å². The maximum absolute atomic E-state index is 12.8. The molecule has 1 heterocycles. The van der Waals surface area contributed by atoms with Gasteiger partial charge >= 0.3 is 0 Å². The largest absolute Gasteiger partial charge is 0.263 e. The molecule has 0 bridgehead atoms. The molecule has 0 unspecified atom stereocenters. The van der Waals surface area contributed by atoms with Gasteiger partial charge in [-0.05, 0) is 84.4 Å². The maximum Gasteiger partial charge on any atom is 0.263 e. The number of hydrogen-bond donors (Lipinski definition) is 1. The Morgan fingerprint density at radius 2 is 1.50 bits per heavy atom. The van der Waals surface area contributed by atoms with E-state index in [1.165, 1.54) is 0 Å². The highest BCUT2D eigenvalue weighted by atomic mass is 79.9. The molecule has 0 aliphatic rings. The fourth-order valence-electron chi connectivity index (χ4n) is 2.41. The van der Waals surface area contributed by atoms with Crippen LogP contribution in [0, 0.1) is 34.6 Å². The maximum atomic E-state index is 12.8. The third kappa shape index (κ3) is 3.17. The molecule has 4 nitrogen and oxygen atoms in total.